The quantitative estimate of drug-likeness (QED) is 0.654. The molecule has 2 aliphatic rings. The van der Waals surface area contributed by atoms with Gasteiger partial charge in [-0.15, -0.1) is 0 Å². The second kappa shape index (κ2) is 4.44. The largest absolute Gasteiger partial charge is 0.405 e. The Labute approximate surface area is 116 Å². The molecule has 0 radical (unpaired) electrons. The number of nitrogens with zero attached hydrogens (tertiary/aromatic N) is 1. The molecule has 1 aromatic rings. The molecule has 4 heteroatoms. The van der Waals surface area contributed by atoms with E-state index in [1.165, 1.54) is 0 Å². The molecule has 1 fully saturated rings. The first-order chi connectivity index (χ1) is 9.43. The van der Waals surface area contributed by atoms with Crippen molar-refractivity contribution < 1.29 is 13.2 Å². The number of hydrogen-bond acceptors (Lipinski definition) is 1. The normalized spacial score (nSPS) is 19.9. The minimum Gasteiger partial charge on any atom is -0.374 e. The van der Waals surface area contributed by atoms with E-state index in [0.29, 0.717) is 0 Å². The zero-order valence-corrected chi connectivity index (χ0v) is 11.3. The summed E-state index contributed by atoms with van der Waals surface area (Å²) in [6.07, 6.45) is -2.02. The van der Waals surface area contributed by atoms with E-state index >= 15 is 0 Å². The van der Waals surface area contributed by atoms with Crippen LogP contribution in [0.2, 0.25) is 0 Å². The van der Waals surface area contributed by atoms with Gasteiger partial charge in [0.25, 0.3) is 0 Å². The summed E-state index contributed by atoms with van der Waals surface area (Å²) in [5.41, 5.74) is 1.20. The molecule has 1 saturated carbocycles. The maximum absolute atomic E-state index is 12.9. The molecule has 1 nitrogen and oxygen atoms in total. The molecule has 3 rings (SSSR count). The fraction of sp³-hybridized carbons (Fsp3) is 0.500. The predicted octanol–water partition coefficient (Wildman–Crippen LogP) is 3.76. The van der Waals surface area contributed by atoms with Gasteiger partial charge in [0.1, 0.15) is 5.41 Å². The molecule has 0 amide bonds. The number of fused-ring (bicyclic) bond motifs is 1. The van der Waals surface area contributed by atoms with Gasteiger partial charge in [-0.25, -0.2) is 0 Å². The van der Waals surface area contributed by atoms with Crippen molar-refractivity contribution in [1.82, 2.24) is 0 Å². The van der Waals surface area contributed by atoms with Crippen LogP contribution in [-0.2, 0) is 6.42 Å². The topological polar surface area (TPSA) is 3.24 Å². The Morgan fingerprint density at radius 1 is 1.25 bits per heavy atom. The van der Waals surface area contributed by atoms with Gasteiger partial charge < -0.3 is 4.90 Å². The van der Waals surface area contributed by atoms with Crippen LogP contribution in [0.25, 0.3) is 0 Å². The molecule has 0 saturated heterocycles. The summed E-state index contributed by atoms with van der Waals surface area (Å²) in [6.45, 7) is 0.983. The Morgan fingerprint density at radius 2 is 2.00 bits per heavy atom. The molecule has 1 heterocycles. The summed E-state index contributed by atoms with van der Waals surface area (Å²) in [7, 11) is 2.01. The lowest BCUT2D eigenvalue weighted by atomic mass is 9.96. The molecule has 20 heavy (non-hydrogen) atoms. The molecule has 0 N–H and O–H groups in total. The molecule has 106 valence electrons. The number of rotatable bonds is 0. The van der Waals surface area contributed by atoms with E-state index in [0.717, 1.165) is 36.2 Å². The van der Waals surface area contributed by atoms with Crippen LogP contribution in [0.5, 0.6) is 0 Å². The van der Waals surface area contributed by atoms with Gasteiger partial charge in [-0.05, 0) is 43.4 Å². The summed E-state index contributed by atoms with van der Waals surface area (Å²) >= 11 is 0. The van der Waals surface area contributed by atoms with Gasteiger partial charge >= 0.3 is 6.18 Å². The first-order valence-corrected chi connectivity index (χ1v) is 6.86. The van der Waals surface area contributed by atoms with E-state index in [4.69, 9.17) is 0 Å². The summed E-state index contributed by atoms with van der Waals surface area (Å²) in [5, 5.41) is 0. The Kier molecular flexibility index (Phi) is 2.97. The average molecular weight is 279 g/mol. The van der Waals surface area contributed by atoms with Crippen LogP contribution < -0.4 is 4.90 Å². The zero-order chi connectivity index (χ0) is 14.4. The highest BCUT2D eigenvalue weighted by molar-refractivity contribution is 5.62. The van der Waals surface area contributed by atoms with Crippen molar-refractivity contribution in [2.75, 3.05) is 18.5 Å². The van der Waals surface area contributed by atoms with E-state index < -0.39 is 11.6 Å². The second-order valence-corrected chi connectivity index (χ2v) is 5.66. The third-order valence-corrected chi connectivity index (χ3v) is 4.21. The molecule has 1 aliphatic carbocycles. The lowest BCUT2D eigenvalue weighted by molar-refractivity contribution is -0.168. The first-order valence-electron chi connectivity index (χ1n) is 6.86. The third kappa shape index (κ3) is 2.15. The summed E-state index contributed by atoms with van der Waals surface area (Å²) < 4.78 is 38.7. The van der Waals surface area contributed by atoms with Crippen LogP contribution in [0.4, 0.5) is 18.9 Å². The number of hydrogen-bond donors (Lipinski definition) is 0. The maximum atomic E-state index is 12.9. The second-order valence-electron chi connectivity index (χ2n) is 5.66. The lowest BCUT2D eigenvalue weighted by Crippen LogP contribution is -2.25. The molecule has 1 aliphatic heterocycles. The van der Waals surface area contributed by atoms with E-state index in [1.807, 2.05) is 25.2 Å². The Morgan fingerprint density at radius 3 is 2.65 bits per heavy atom. The van der Waals surface area contributed by atoms with Gasteiger partial charge in [0.15, 0.2) is 0 Å². The van der Waals surface area contributed by atoms with Gasteiger partial charge in [-0.3, -0.25) is 0 Å². The van der Waals surface area contributed by atoms with Crippen molar-refractivity contribution in [2.45, 2.75) is 31.9 Å². The van der Waals surface area contributed by atoms with Gasteiger partial charge in [0.2, 0.25) is 0 Å². The van der Waals surface area contributed by atoms with Gasteiger partial charge in [-0.1, -0.05) is 17.9 Å². The Balaban J connectivity index is 1.96. The van der Waals surface area contributed by atoms with E-state index in [-0.39, 0.29) is 12.8 Å². The maximum Gasteiger partial charge on any atom is 0.405 e. The SMILES string of the molecule is CN1CCCc2c(C#CC3(C(F)(F)F)CC3)cccc21. The van der Waals surface area contributed by atoms with Crippen LogP contribution >= 0.6 is 0 Å². The monoisotopic (exact) mass is 279 g/mol. The minimum absolute atomic E-state index is 0.137. The van der Waals surface area contributed by atoms with E-state index in [1.54, 1.807) is 0 Å². The Hall–Kier alpha value is -1.63. The van der Waals surface area contributed by atoms with Crippen molar-refractivity contribution in [3.05, 3.63) is 29.3 Å². The number of halogens is 3. The predicted molar refractivity (Wildman–Crippen MR) is 72.6 cm³/mol. The van der Waals surface area contributed by atoms with Gasteiger partial charge in [0, 0.05) is 24.8 Å². The summed E-state index contributed by atoms with van der Waals surface area (Å²) in [4.78, 5) is 2.14. The lowest BCUT2D eigenvalue weighted by Gasteiger charge is -2.28. The summed E-state index contributed by atoms with van der Waals surface area (Å²) in [5.74, 6) is 5.30. The number of alkyl halides is 3. The van der Waals surface area contributed by atoms with Crippen LogP contribution in [-0.4, -0.2) is 19.8 Å². The Bertz CT molecular complexity index is 588. The van der Waals surface area contributed by atoms with Gasteiger partial charge in [0.05, 0.1) is 0 Å². The van der Waals surface area contributed by atoms with Crippen LogP contribution in [0.1, 0.15) is 30.4 Å². The van der Waals surface area contributed by atoms with Crippen molar-refractivity contribution in [3.8, 4) is 11.8 Å². The standard InChI is InChI=1S/C16H16F3N/c1-20-11-3-5-13-12(4-2-6-14(13)20)7-8-15(9-10-15)16(17,18)19/h2,4,6H,3,5,9-11H2,1H3. The molecular weight excluding hydrogens is 263 g/mol. The molecular formula is C16H16F3N. The van der Waals surface area contributed by atoms with Crippen molar-refractivity contribution in [2.24, 2.45) is 5.41 Å². The highest BCUT2D eigenvalue weighted by Crippen LogP contribution is 2.57. The summed E-state index contributed by atoms with van der Waals surface area (Å²) in [6, 6.07) is 5.71. The molecule has 0 atom stereocenters. The van der Waals surface area contributed by atoms with Crippen molar-refractivity contribution >= 4 is 5.69 Å². The minimum atomic E-state index is -4.20. The zero-order valence-electron chi connectivity index (χ0n) is 11.3. The van der Waals surface area contributed by atoms with E-state index in [9.17, 15) is 13.2 Å². The number of anilines is 1. The highest BCUT2D eigenvalue weighted by Gasteiger charge is 2.62. The number of benzene rings is 1. The van der Waals surface area contributed by atoms with Gasteiger partial charge in [-0.2, -0.15) is 13.2 Å². The van der Waals surface area contributed by atoms with Crippen LogP contribution in [0.3, 0.4) is 0 Å². The van der Waals surface area contributed by atoms with Crippen LogP contribution in [0.15, 0.2) is 18.2 Å². The third-order valence-electron chi connectivity index (χ3n) is 4.21. The average Bonchev–Trinajstić information content (AvgIpc) is 3.17. The van der Waals surface area contributed by atoms with E-state index in [2.05, 4.69) is 16.7 Å². The highest BCUT2D eigenvalue weighted by atomic mass is 19.4. The molecule has 0 bridgehead atoms. The molecule has 1 aromatic carbocycles. The smallest absolute Gasteiger partial charge is 0.374 e. The van der Waals surface area contributed by atoms with Crippen LogP contribution in [0, 0.1) is 17.3 Å². The fourth-order valence-corrected chi connectivity index (χ4v) is 2.72. The fourth-order valence-electron chi connectivity index (χ4n) is 2.72. The van der Waals surface area contributed by atoms with Crippen molar-refractivity contribution in [3.63, 3.8) is 0 Å². The molecule has 0 aromatic heterocycles. The first kappa shape index (κ1) is 13.4. The molecule has 0 unspecified atom stereocenters. The van der Waals surface area contributed by atoms with Crippen molar-refractivity contribution in [1.29, 1.82) is 0 Å². The molecule has 0 spiro atoms.